The number of thioether (sulfide) groups is 1. The molecule has 2 fully saturated rings. The number of aromatic nitrogens is 3. The molecular formula is C20H25N5O2S. The first-order valence-corrected chi connectivity index (χ1v) is 10.7. The second-order valence-electron chi connectivity index (χ2n) is 7.42. The number of carbonyl (C=O) groups excluding carboxylic acids is 2. The molecule has 2 aromatic rings. The van der Waals surface area contributed by atoms with Crippen molar-refractivity contribution in [3.05, 3.63) is 41.7 Å². The SMILES string of the molecule is NC(=O)CCn1c(SC(C(=O)N2CCCC2)c2ccccc2)nnc1C1CC1. The van der Waals surface area contributed by atoms with Gasteiger partial charge in [-0.05, 0) is 31.2 Å². The molecule has 1 aromatic heterocycles. The monoisotopic (exact) mass is 399 g/mol. The molecule has 148 valence electrons. The predicted molar refractivity (Wildman–Crippen MR) is 107 cm³/mol. The molecule has 0 radical (unpaired) electrons. The van der Waals surface area contributed by atoms with Gasteiger partial charge >= 0.3 is 0 Å². The lowest BCUT2D eigenvalue weighted by atomic mass is 10.1. The molecular weight excluding hydrogens is 374 g/mol. The van der Waals surface area contributed by atoms with Crippen LogP contribution in [0.4, 0.5) is 0 Å². The van der Waals surface area contributed by atoms with Crippen molar-refractivity contribution < 1.29 is 9.59 Å². The summed E-state index contributed by atoms with van der Waals surface area (Å²) < 4.78 is 1.99. The van der Waals surface area contributed by atoms with E-state index in [9.17, 15) is 9.59 Å². The summed E-state index contributed by atoms with van der Waals surface area (Å²) in [4.78, 5) is 26.5. The summed E-state index contributed by atoms with van der Waals surface area (Å²) in [6.45, 7) is 2.07. The molecule has 1 saturated carbocycles. The van der Waals surface area contributed by atoms with Crippen LogP contribution < -0.4 is 5.73 Å². The minimum atomic E-state index is -0.372. The van der Waals surface area contributed by atoms with E-state index >= 15 is 0 Å². The largest absolute Gasteiger partial charge is 0.370 e. The molecule has 0 spiro atoms. The topological polar surface area (TPSA) is 94.1 Å². The van der Waals surface area contributed by atoms with Crippen molar-refractivity contribution in [3.63, 3.8) is 0 Å². The van der Waals surface area contributed by atoms with Gasteiger partial charge in [-0.15, -0.1) is 10.2 Å². The van der Waals surface area contributed by atoms with E-state index in [4.69, 9.17) is 5.73 Å². The zero-order chi connectivity index (χ0) is 19.5. The van der Waals surface area contributed by atoms with E-state index in [2.05, 4.69) is 10.2 Å². The standard InChI is InChI=1S/C20H25N5O2S/c21-16(26)10-13-25-18(15-8-9-15)22-23-20(25)28-17(14-6-2-1-3-7-14)19(27)24-11-4-5-12-24/h1-3,6-7,15,17H,4-5,8-13H2,(H2,21,26). The zero-order valence-corrected chi connectivity index (χ0v) is 16.6. The second-order valence-corrected chi connectivity index (χ2v) is 8.50. The van der Waals surface area contributed by atoms with E-state index < -0.39 is 0 Å². The Morgan fingerprint density at radius 2 is 1.86 bits per heavy atom. The highest BCUT2D eigenvalue weighted by molar-refractivity contribution is 8.00. The van der Waals surface area contributed by atoms with Gasteiger partial charge < -0.3 is 15.2 Å². The smallest absolute Gasteiger partial charge is 0.240 e. The highest BCUT2D eigenvalue weighted by Crippen LogP contribution is 2.42. The van der Waals surface area contributed by atoms with Crippen molar-refractivity contribution in [2.24, 2.45) is 5.73 Å². The normalized spacial score (nSPS) is 17.6. The van der Waals surface area contributed by atoms with Gasteiger partial charge in [0, 0.05) is 32.0 Å². The number of nitrogens with two attached hydrogens (primary N) is 1. The van der Waals surface area contributed by atoms with Gasteiger partial charge in [0.05, 0.1) is 0 Å². The van der Waals surface area contributed by atoms with Crippen molar-refractivity contribution in [1.82, 2.24) is 19.7 Å². The van der Waals surface area contributed by atoms with Crippen LogP contribution in [0.5, 0.6) is 0 Å². The number of amides is 2. The first-order chi connectivity index (χ1) is 13.6. The van der Waals surface area contributed by atoms with Gasteiger partial charge in [-0.3, -0.25) is 9.59 Å². The Hall–Kier alpha value is -2.35. The van der Waals surface area contributed by atoms with Gasteiger partial charge in [-0.25, -0.2) is 0 Å². The van der Waals surface area contributed by atoms with Gasteiger partial charge in [0.2, 0.25) is 11.8 Å². The molecule has 0 bridgehead atoms. The number of likely N-dealkylation sites (tertiary alicyclic amines) is 1. The molecule has 2 heterocycles. The van der Waals surface area contributed by atoms with Gasteiger partial charge in [0.1, 0.15) is 11.1 Å². The van der Waals surface area contributed by atoms with E-state index in [1.54, 1.807) is 0 Å². The van der Waals surface area contributed by atoms with Crippen LogP contribution in [0.1, 0.15) is 54.7 Å². The fourth-order valence-corrected chi connectivity index (χ4v) is 4.71. The Bertz CT molecular complexity index is 844. The third-order valence-electron chi connectivity index (χ3n) is 5.24. The quantitative estimate of drug-likeness (QED) is 0.688. The lowest BCUT2D eigenvalue weighted by Crippen LogP contribution is -2.31. The summed E-state index contributed by atoms with van der Waals surface area (Å²) in [6.07, 6.45) is 4.53. The molecule has 4 rings (SSSR count). The van der Waals surface area contributed by atoms with Crippen LogP contribution in [0.25, 0.3) is 0 Å². The Labute approximate surface area is 168 Å². The zero-order valence-electron chi connectivity index (χ0n) is 15.8. The molecule has 1 aliphatic heterocycles. The highest BCUT2D eigenvalue weighted by atomic mass is 32.2. The number of carbonyl (C=O) groups is 2. The Balaban J connectivity index is 1.62. The number of nitrogens with zero attached hydrogens (tertiary/aromatic N) is 4. The number of primary amides is 1. The number of benzene rings is 1. The first-order valence-electron chi connectivity index (χ1n) is 9.85. The molecule has 28 heavy (non-hydrogen) atoms. The third-order valence-corrected chi connectivity index (χ3v) is 6.46. The lowest BCUT2D eigenvalue weighted by Gasteiger charge is -2.23. The average Bonchev–Trinajstić information content (AvgIpc) is 3.24. The van der Waals surface area contributed by atoms with Crippen molar-refractivity contribution >= 4 is 23.6 Å². The Morgan fingerprint density at radius 3 is 2.50 bits per heavy atom. The van der Waals surface area contributed by atoms with Crippen LogP contribution in [0.3, 0.4) is 0 Å². The van der Waals surface area contributed by atoms with E-state index in [1.807, 2.05) is 39.8 Å². The third kappa shape index (κ3) is 4.22. The molecule has 2 amide bonds. The maximum Gasteiger partial charge on any atom is 0.240 e. The van der Waals surface area contributed by atoms with Gasteiger partial charge in [0.15, 0.2) is 5.16 Å². The van der Waals surface area contributed by atoms with Crippen LogP contribution in [0.15, 0.2) is 35.5 Å². The predicted octanol–water partition coefficient (Wildman–Crippen LogP) is 2.49. The molecule has 1 aliphatic carbocycles. The number of rotatable bonds is 8. The van der Waals surface area contributed by atoms with E-state index in [0.29, 0.717) is 17.6 Å². The van der Waals surface area contributed by atoms with Gasteiger partial charge in [-0.2, -0.15) is 0 Å². The van der Waals surface area contributed by atoms with Crippen LogP contribution in [0.2, 0.25) is 0 Å². The van der Waals surface area contributed by atoms with E-state index in [-0.39, 0.29) is 23.5 Å². The van der Waals surface area contributed by atoms with Crippen LogP contribution in [0, 0.1) is 0 Å². The number of hydrogen-bond acceptors (Lipinski definition) is 5. The molecule has 1 atom stereocenters. The Morgan fingerprint density at radius 1 is 1.14 bits per heavy atom. The summed E-state index contributed by atoms with van der Waals surface area (Å²) >= 11 is 1.43. The maximum atomic E-state index is 13.3. The first kappa shape index (κ1) is 19.0. The molecule has 1 aromatic carbocycles. The summed E-state index contributed by atoms with van der Waals surface area (Å²) in [7, 11) is 0. The summed E-state index contributed by atoms with van der Waals surface area (Å²) in [6, 6.07) is 9.82. The van der Waals surface area contributed by atoms with Crippen LogP contribution >= 0.6 is 11.8 Å². The second kappa shape index (κ2) is 8.34. The van der Waals surface area contributed by atoms with Gasteiger partial charge in [0.25, 0.3) is 0 Å². The molecule has 1 saturated heterocycles. The maximum absolute atomic E-state index is 13.3. The minimum Gasteiger partial charge on any atom is -0.370 e. The fourth-order valence-electron chi connectivity index (χ4n) is 3.56. The fraction of sp³-hybridized carbons (Fsp3) is 0.500. The lowest BCUT2D eigenvalue weighted by molar-refractivity contribution is -0.129. The van der Waals surface area contributed by atoms with Gasteiger partial charge in [-0.1, -0.05) is 42.1 Å². The molecule has 7 nitrogen and oxygen atoms in total. The Kier molecular flexibility index (Phi) is 5.66. The minimum absolute atomic E-state index is 0.117. The van der Waals surface area contributed by atoms with Crippen LogP contribution in [-0.4, -0.2) is 44.6 Å². The van der Waals surface area contributed by atoms with Crippen molar-refractivity contribution in [1.29, 1.82) is 0 Å². The summed E-state index contributed by atoms with van der Waals surface area (Å²) in [5.41, 5.74) is 6.32. The summed E-state index contributed by atoms with van der Waals surface area (Å²) in [5, 5.41) is 9.07. The van der Waals surface area contributed by atoms with Crippen molar-refractivity contribution in [3.8, 4) is 0 Å². The molecule has 2 aliphatic rings. The molecule has 8 heteroatoms. The van der Waals surface area contributed by atoms with Crippen LogP contribution in [-0.2, 0) is 16.1 Å². The highest BCUT2D eigenvalue weighted by Gasteiger charge is 2.34. The van der Waals surface area contributed by atoms with E-state index in [0.717, 1.165) is 50.2 Å². The number of hydrogen-bond donors (Lipinski definition) is 1. The van der Waals surface area contributed by atoms with Crippen molar-refractivity contribution in [2.45, 2.75) is 55.0 Å². The van der Waals surface area contributed by atoms with Crippen molar-refractivity contribution in [2.75, 3.05) is 13.1 Å². The average molecular weight is 400 g/mol. The molecule has 1 unspecified atom stereocenters. The molecule has 2 N–H and O–H groups in total. The van der Waals surface area contributed by atoms with E-state index in [1.165, 1.54) is 11.8 Å². The summed E-state index contributed by atoms with van der Waals surface area (Å²) in [5.74, 6) is 1.08.